The van der Waals surface area contributed by atoms with Gasteiger partial charge in [0.15, 0.2) is 0 Å². The van der Waals surface area contributed by atoms with E-state index in [1.807, 2.05) is 79.7 Å². The van der Waals surface area contributed by atoms with Crippen LogP contribution >= 0.6 is 47.0 Å². The summed E-state index contributed by atoms with van der Waals surface area (Å²) in [6.07, 6.45) is 7.36. The van der Waals surface area contributed by atoms with Crippen LogP contribution in [0.2, 0.25) is 0 Å². The minimum Gasteiger partial charge on any atom is -0.465 e. The number of allylic oxidation sites excluding steroid dienone is 12. The molecule has 0 spiro atoms. The topological polar surface area (TPSA) is 377 Å². The molecule has 0 unspecified atom stereocenters. The Balaban J connectivity index is 1.04. The summed E-state index contributed by atoms with van der Waals surface area (Å²) >= 11 is 2.69. The van der Waals surface area contributed by atoms with E-state index in [1.165, 1.54) is 0 Å². The lowest BCUT2D eigenvalue weighted by Gasteiger charge is -2.37. The summed E-state index contributed by atoms with van der Waals surface area (Å²) in [6.45, 7) is 20.0. The molecule has 4 heterocycles. The van der Waals surface area contributed by atoms with Crippen molar-refractivity contribution in [2.45, 2.75) is 184 Å². The third-order valence-electron chi connectivity index (χ3n) is 20.8. The van der Waals surface area contributed by atoms with Crippen molar-refractivity contribution in [2.75, 3.05) is 102 Å². The molecule has 28 heteroatoms. The molecule has 0 aromatic heterocycles. The van der Waals surface area contributed by atoms with Gasteiger partial charge < -0.3 is 38.5 Å². The van der Waals surface area contributed by atoms with E-state index in [-0.39, 0.29) is 93.3 Å². The Bertz CT molecular complexity index is 3740. The quantitative estimate of drug-likeness (QED) is 0.0231. The van der Waals surface area contributed by atoms with Crippen LogP contribution in [-0.4, -0.2) is 166 Å². The largest absolute Gasteiger partial charge is 0.465 e. The molecule has 4 aliphatic heterocycles. The highest BCUT2D eigenvalue weighted by atomic mass is 32.2. The Hall–Kier alpha value is -9.00. The monoisotopic (exact) mass is 1560 g/mol. The maximum absolute atomic E-state index is 14.4. The van der Waals surface area contributed by atoms with Gasteiger partial charge in [0.1, 0.15) is 97.3 Å². The van der Waals surface area contributed by atoms with Crippen molar-refractivity contribution in [2.24, 2.45) is 27.1 Å². The van der Waals surface area contributed by atoms with E-state index in [1.54, 1.807) is 0 Å². The van der Waals surface area contributed by atoms with Crippen LogP contribution in [0.5, 0.6) is 0 Å². The van der Waals surface area contributed by atoms with E-state index in [4.69, 9.17) is 18.9 Å². The smallest absolute Gasteiger partial charge is 0.306 e. The fourth-order valence-corrected chi connectivity index (χ4v) is 18.6. The van der Waals surface area contributed by atoms with E-state index in [0.29, 0.717) is 95.0 Å². The van der Waals surface area contributed by atoms with E-state index in [9.17, 15) is 80.5 Å². The molecule has 109 heavy (non-hydrogen) atoms. The summed E-state index contributed by atoms with van der Waals surface area (Å²) in [5, 5.41) is 81.3. The second-order valence-corrected chi connectivity index (χ2v) is 36.3. The minimum atomic E-state index is -2.11. The van der Waals surface area contributed by atoms with Crippen LogP contribution in [-0.2, 0) is 57.3 Å². The van der Waals surface area contributed by atoms with Crippen LogP contribution in [0, 0.1) is 118 Å². The SMILES string of the molecule is CC1(C)CC(N2CCCC2)=C(C#N)/C(=C(/C#N)C(=O)SCCOC(=O)CC(CC(=O)OCCSC(=O)/C(C#N)=C2\CC(C)(C)CC(N3CCCC3)=C2C#N)(CC(=O)OCCSC(=O)/C(C#N)=C2\CC(C)(C)CC(N3CCCC3)=C2C#N)CC(=O)OCCSC(=O)/C(C#N)=C2\CC(C)(C)CC(N3CCCC3)=C2C#N)C1. The second-order valence-electron chi connectivity index (χ2n) is 32.1. The van der Waals surface area contributed by atoms with Crippen LogP contribution in [0.3, 0.4) is 0 Å². The van der Waals surface area contributed by atoms with Gasteiger partial charge in [-0.3, -0.25) is 38.4 Å². The zero-order valence-electron chi connectivity index (χ0n) is 63.9. The van der Waals surface area contributed by atoms with Gasteiger partial charge in [-0.15, -0.1) is 0 Å². The first-order valence-corrected chi connectivity index (χ1v) is 41.2. The van der Waals surface area contributed by atoms with Crippen molar-refractivity contribution in [3.8, 4) is 48.6 Å². The molecule has 0 amide bonds. The van der Waals surface area contributed by atoms with Crippen molar-refractivity contribution < 1.29 is 57.3 Å². The lowest BCUT2D eigenvalue weighted by Crippen LogP contribution is -2.36. The molecular formula is C81H96N12O12S4. The van der Waals surface area contributed by atoms with Crippen LogP contribution in [0.4, 0.5) is 0 Å². The molecule has 4 aliphatic carbocycles. The third kappa shape index (κ3) is 22.6. The average Bonchev–Trinajstić information content (AvgIpc) is 1.68. The maximum Gasteiger partial charge on any atom is 0.306 e. The first-order valence-electron chi connectivity index (χ1n) is 37.3. The van der Waals surface area contributed by atoms with Gasteiger partial charge in [-0.25, -0.2) is 0 Å². The predicted molar refractivity (Wildman–Crippen MR) is 411 cm³/mol. The standard InChI is InChI=1S/C81H96N12O12S4/c1-77(2)33-53(57(45-82)65(37-77)90-17-9-10-18-90)61(49-86)73(98)106-29-25-102-69(94)41-81(42-70(95)103-26-30-107-74(99)62(50-87)54-34-78(3,4)38-66(58(54)46-83)91-19-11-12-20-91,43-71(96)104-27-31-108-75(100)63(51-88)55-35-79(5,6)39-67(59(55)47-84)92-21-13-14-22-92)44-72(97)105-28-32-109-76(101)64(52-89)56-36-80(7,8)40-68(60(56)48-85)93-23-15-16-24-93/h9-44H2,1-8H3/b61-53-,62-54+,63-55+,64-56+. The highest BCUT2D eigenvalue weighted by Gasteiger charge is 2.45. The zero-order chi connectivity index (χ0) is 79.4. The van der Waals surface area contributed by atoms with E-state index < -0.39 is 124 Å². The number of hydrogen-bond donors (Lipinski definition) is 0. The highest BCUT2D eigenvalue weighted by molar-refractivity contribution is 8.15. The molecule has 24 nitrogen and oxygen atoms in total. The molecule has 0 saturated carbocycles. The number of esters is 4. The summed E-state index contributed by atoms with van der Waals surface area (Å²) in [4.78, 5) is 122. The Morgan fingerprint density at radius 2 is 0.505 bits per heavy atom. The Morgan fingerprint density at radius 1 is 0.321 bits per heavy atom. The van der Waals surface area contributed by atoms with E-state index in [0.717, 1.165) is 127 Å². The van der Waals surface area contributed by atoms with Gasteiger partial charge in [0.05, 0.1) is 48.0 Å². The Labute approximate surface area is 657 Å². The molecule has 0 atom stereocenters. The van der Waals surface area contributed by atoms with Crippen LogP contribution in [0.25, 0.3) is 0 Å². The molecule has 0 radical (unpaired) electrons. The van der Waals surface area contributed by atoms with Gasteiger partial charge in [-0.05, 0) is 147 Å². The number of ether oxygens (including phenoxy) is 4. The number of thioether (sulfide) groups is 4. The van der Waals surface area contributed by atoms with Crippen molar-refractivity contribution in [3.05, 3.63) is 89.7 Å². The number of carbonyl (C=O) groups excluding carboxylic acids is 8. The molecule has 8 aliphatic rings. The number of hydrogen-bond acceptors (Lipinski definition) is 28. The number of likely N-dealkylation sites (tertiary alicyclic amines) is 4. The minimum absolute atomic E-state index is 0.208. The van der Waals surface area contributed by atoms with Gasteiger partial charge in [0.25, 0.3) is 0 Å². The normalized spacial score (nSPS) is 21.3. The number of rotatable bonds is 28. The molecule has 4 saturated heterocycles. The highest BCUT2D eigenvalue weighted by Crippen LogP contribution is 2.50. The van der Waals surface area contributed by atoms with Crippen molar-refractivity contribution in [3.63, 3.8) is 0 Å². The fourth-order valence-electron chi connectivity index (χ4n) is 16.0. The number of nitrogens with zero attached hydrogens (tertiary/aromatic N) is 12. The van der Waals surface area contributed by atoms with Gasteiger partial charge in [-0.1, -0.05) is 102 Å². The second kappa shape index (κ2) is 38.6. The molecule has 576 valence electrons. The summed E-state index contributed by atoms with van der Waals surface area (Å²) in [6, 6.07) is 17.2. The van der Waals surface area contributed by atoms with Crippen LogP contribution in [0.15, 0.2) is 89.7 Å². The number of carbonyl (C=O) groups is 8. The van der Waals surface area contributed by atoms with E-state index >= 15 is 0 Å². The van der Waals surface area contributed by atoms with Crippen LogP contribution < -0.4 is 0 Å². The average molecular weight is 1560 g/mol. The van der Waals surface area contributed by atoms with Gasteiger partial charge in [-0.2, -0.15) is 42.1 Å². The Kier molecular flexibility index (Phi) is 30.3. The lowest BCUT2D eigenvalue weighted by atomic mass is 9.72. The predicted octanol–water partition coefficient (Wildman–Crippen LogP) is 12.8. The van der Waals surface area contributed by atoms with E-state index in [2.05, 4.69) is 43.9 Å². The van der Waals surface area contributed by atoms with Crippen molar-refractivity contribution in [1.82, 2.24) is 19.6 Å². The van der Waals surface area contributed by atoms with Crippen molar-refractivity contribution in [1.29, 1.82) is 42.1 Å². The molecule has 0 aromatic carbocycles. The van der Waals surface area contributed by atoms with Crippen molar-refractivity contribution >= 4 is 91.4 Å². The maximum atomic E-state index is 14.4. The first-order chi connectivity index (χ1) is 51.9. The molecule has 8 rings (SSSR count). The van der Waals surface area contributed by atoms with Gasteiger partial charge in [0, 0.05) is 104 Å². The summed E-state index contributed by atoms with van der Waals surface area (Å²) < 4.78 is 22.8. The third-order valence-corrected chi connectivity index (χ3v) is 24.2. The van der Waals surface area contributed by atoms with Gasteiger partial charge in [0.2, 0.25) is 20.5 Å². The van der Waals surface area contributed by atoms with Gasteiger partial charge >= 0.3 is 23.9 Å². The Morgan fingerprint density at radius 3 is 0.670 bits per heavy atom. The molecule has 0 N–H and O–H groups in total. The van der Waals surface area contributed by atoms with Crippen LogP contribution in [0.1, 0.15) is 184 Å². The summed E-state index contributed by atoms with van der Waals surface area (Å²) in [7, 11) is 0. The summed E-state index contributed by atoms with van der Waals surface area (Å²) in [5.74, 6) is -5.14. The lowest BCUT2D eigenvalue weighted by molar-refractivity contribution is -0.158. The summed E-state index contributed by atoms with van der Waals surface area (Å²) in [5.41, 5.74) is 1.03. The molecule has 0 aromatic rings. The number of nitriles is 8. The molecule has 0 bridgehead atoms. The first kappa shape index (κ1) is 85.6. The molecular weight excluding hydrogens is 1460 g/mol. The molecule has 4 fully saturated rings. The zero-order valence-corrected chi connectivity index (χ0v) is 67.1. The fraction of sp³-hybridized carbons (Fsp3) is 0.605.